The fourth-order valence-electron chi connectivity index (χ4n) is 1.80. The summed E-state index contributed by atoms with van der Waals surface area (Å²) in [5.41, 5.74) is -0.451. The average Bonchev–Trinajstić information content (AvgIpc) is 3.11. The Labute approximate surface area is 107 Å². The fraction of sp³-hybridized carbons (Fsp3) is 0.455. The fourth-order valence-corrected chi connectivity index (χ4v) is 1.80. The zero-order chi connectivity index (χ0) is 14.0. The van der Waals surface area contributed by atoms with E-state index in [1.54, 1.807) is 0 Å². The SMILES string of the molecule is O=C(O)CN(CC(=O)O)c1nccn(C2CC2)c1=O. The lowest BCUT2D eigenvalue weighted by atomic mass is 10.4. The van der Waals surface area contributed by atoms with Crippen molar-refractivity contribution in [1.29, 1.82) is 0 Å². The van der Waals surface area contributed by atoms with E-state index in [4.69, 9.17) is 10.2 Å². The van der Waals surface area contributed by atoms with Gasteiger partial charge in [-0.15, -0.1) is 0 Å². The van der Waals surface area contributed by atoms with Gasteiger partial charge in [0.2, 0.25) is 0 Å². The number of aliphatic carboxylic acids is 2. The van der Waals surface area contributed by atoms with Crippen molar-refractivity contribution in [1.82, 2.24) is 9.55 Å². The number of carboxylic acids is 2. The van der Waals surface area contributed by atoms with Gasteiger partial charge in [-0.25, -0.2) is 4.98 Å². The molecule has 1 aromatic heterocycles. The van der Waals surface area contributed by atoms with Crippen LogP contribution in [0.25, 0.3) is 0 Å². The molecular formula is C11H13N3O5. The zero-order valence-corrected chi connectivity index (χ0v) is 10.0. The van der Waals surface area contributed by atoms with Crippen LogP contribution in [0.5, 0.6) is 0 Å². The highest BCUT2D eigenvalue weighted by molar-refractivity contribution is 5.78. The monoisotopic (exact) mass is 267 g/mol. The molecule has 1 aliphatic carbocycles. The van der Waals surface area contributed by atoms with Gasteiger partial charge in [-0.3, -0.25) is 14.4 Å². The second kappa shape index (κ2) is 5.09. The third-order valence-corrected chi connectivity index (χ3v) is 2.74. The van der Waals surface area contributed by atoms with E-state index < -0.39 is 30.6 Å². The Morgan fingerprint density at radius 3 is 2.37 bits per heavy atom. The quantitative estimate of drug-likeness (QED) is 0.717. The maximum absolute atomic E-state index is 12.1. The van der Waals surface area contributed by atoms with Crippen molar-refractivity contribution in [3.63, 3.8) is 0 Å². The Bertz CT molecular complexity index is 548. The Morgan fingerprint density at radius 2 is 1.89 bits per heavy atom. The Balaban J connectivity index is 2.34. The molecule has 1 heterocycles. The molecule has 2 N–H and O–H groups in total. The van der Waals surface area contributed by atoms with Crippen molar-refractivity contribution in [2.75, 3.05) is 18.0 Å². The molecule has 19 heavy (non-hydrogen) atoms. The van der Waals surface area contributed by atoms with Gasteiger partial charge in [0.15, 0.2) is 5.82 Å². The number of anilines is 1. The van der Waals surface area contributed by atoms with Crippen LogP contribution in [0.4, 0.5) is 5.82 Å². The average molecular weight is 267 g/mol. The van der Waals surface area contributed by atoms with Gasteiger partial charge in [0.25, 0.3) is 5.56 Å². The molecule has 1 fully saturated rings. The van der Waals surface area contributed by atoms with Gasteiger partial charge in [-0.2, -0.15) is 0 Å². The molecule has 8 nitrogen and oxygen atoms in total. The van der Waals surface area contributed by atoms with E-state index in [2.05, 4.69) is 4.98 Å². The largest absolute Gasteiger partial charge is 0.480 e. The first kappa shape index (κ1) is 13.1. The summed E-state index contributed by atoms with van der Waals surface area (Å²) in [6.07, 6.45) is 4.69. The Hall–Kier alpha value is -2.38. The van der Waals surface area contributed by atoms with Crippen molar-refractivity contribution in [3.05, 3.63) is 22.7 Å². The summed E-state index contributed by atoms with van der Waals surface area (Å²) in [6.45, 7) is -1.16. The minimum atomic E-state index is -1.22. The molecule has 0 amide bonds. The van der Waals surface area contributed by atoms with Gasteiger partial charge in [-0.05, 0) is 12.8 Å². The molecule has 102 valence electrons. The van der Waals surface area contributed by atoms with Crippen LogP contribution in [0, 0.1) is 0 Å². The Morgan fingerprint density at radius 1 is 1.32 bits per heavy atom. The molecule has 0 bridgehead atoms. The smallest absolute Gasteiger partial charge is 0.323 e. The summed E-state index contributed by atoms with van der Waals surface area (Å²) in [4.78, 5) is 38.4. The van der Waals surface area contributed by atoms with Crippen LogP contribution in [0.15, 0.2) is 17.2 Å². The zero-order valence-electron chi connectivity index (χ0n) is 10.0. The van der Waals surface area contributed by atoms with Crippen LogP contribution >= 0.6 is 0 Å². The number of hydrogen-bond donors (Lipinski definition) is 2. The van der Waals surface area contributed by atoms with Crippen LogP contribution < -0.4 is 10.5 Å². The first-order valence-electron chi connectivity index (χ1n) is 5.74. The van der Waals surface area contributed by atoms with Gasteiger partial charge in [0.1, 0.15) is 13.1 Å². The molecule has 1 aliphatic rings. The summed E-state index contributed by atoms with van der Waals surface area (Å²) in [5.74, 6) is -2.58. The normalized spacial score (nSPS) is 14.1. The van der Waals surface area contributed by atoms with Crippen molar-refractivity contribution < 1.29 is 19.8 Å². The van der Waals surface area contributed by atoms with E-state index in [0.29, 0.717) is 0 Å². The third kappa shape index (κ3) is 3.09. The van der Waals surface area contributed by atoms with Gasteiger partial charge in [0, 0.05) is 18.4 Å². The molecule has 0 unspecified atom stereocenters. The van der Waals surface area contributed by atoms with E-state index in [1.165, 1.54) is 17.0 Å². The summed E-state index contributed by atoms with van der Waals surface area (Å²) in [6, 6.07) is 0.116. The summed E-state index contributed by atoms with van der Waals surface area (Å²) in [5, 5.41) is 17.5. The lowest BCUT2D eigenvalue weighted by molar-refractivity contribution is -0.136. The number of aromatic nitrogens is 2. The summed E-state index contributed by atoms with van der Waals surface area (Å²) < 4.78 is 1.47. The maximum Gasteiger partial charge on any atom is 0.323 e. The molecule has 0 spiro atoms. The Kier molecular flexibility index (Phi) is 3.50. The first-order chi connectivity index (χ1) is 8.99. The second-order valence-corrected chi connectivity index (χ2v) is 4.34. The predicted octanol–water partition coefficient (Wildman–Crippen LogP) is -0.446. The van der Waals surface area contributed by atoms with E-state index in [9.17, 15) is 14.4 Å². The number of hydrogen-bond acceptors (Lipinski definition) is 5. The number of rotatable bonds is 6. The number of nitrogens with zero attached hydrogens (tertiary/aromatic N) is 3. The van der Waals surface area contributed by atoms with Gasteiger partial charge in [-0.1, -0.05) is 0 Å². The van der Waals surface area contributed by atoms with Gasteiger partial charge < -0.3 is 19.7 Å². The molecular weight excluding hydrogens is 254 g/mol. The molecule has 2 rings (SSSR count). The van der Waals surface area contributed by atoms with Crippen LogP contribution in [-0.2, 0) is 9.59 Å². The van der Waals surface area contributed by atoms with E-state index in [1.807, 2.05) is 0 Å². The highest BCUT2D eigenvalue weighted by atomic mass is 16.4. The summed E-state index contributed by atoms with van der Waals surface area (Å²) in [7, 11) is 0. The molecule has 0 atom stereocenters. The molecule has 0 aromatic carbocycles. The van der Waals surface area contributed by atoms with Crippen LogP contribution in [0.1, 0.15) is 18.9 Å². The summed E-state index contributed by atoms with van der Waals surface area (Å²) >= 11 is 0. The lowest BCUT2D eigenvalue weighted by Gasteiger charge is -2.19. The lowest BCUT2D eigenvalue weighted by Crippen LogP contribution is -2.39. The highest BCUT2D eigenvalue weighted by Gasteiger charge is 2.27. The maximum atomic E-state index is 12.1. The minimum absolute atomic E-state index is 0.116. The van der Waals surface area contributed by atoms with E-state index >= 15 is 0 Å². The topological polar surface area (TPSA) is 113 Å². The van der Waals surface area contributed by atoms with Crippen molar-refractivity contribution in [2.24, 2.45) is 0 Å². The van der Waals surface area contributed by atoms with Crippen LogP contribution in [-0.4, -0.2) is 44.8 Å². The van der Waals surface area contributed by atoms with Crippen molar-refractivity contribution in [2.45, 2.75) is 18.9 Å². The standard InChI is InChI=1S/C11H13N3O5/c15-8(16)5-13(6-9(17)18)10-11(19)14(4-3-12-10)7-1-2-7/h3-4,7H,1-2,5-6H2,(H,15,16)(H,17,18). The van der Waals surface area contributed by atoms with Crippen molar-refractivity contribution >= 4 is 17.8 Å². The number of carboxylic acid groups (broad SMARTS) is 2. The van der Waals surface area contributed by atoms with Gasteiger partial charge in [0.05, 0.1) is 0 Å². The molecule has 0 radical (unpaired) electrons. The minimum Gasteiger partial charge on any atom is -0.480 e. The molecule has 0 saturated heterocycles. The number of carbonyl (C=O) groups is 2. The van der Waals surface area contributed by atoms with Gasteiger partial charge >= 0.3 is 11.9 Å². The molecule has 0 aliphatic heterocycles. The molecule has 8 heteroatoms. The first-order valence-corrected chi connectivity index (χ1v) is 5.74. The second-order valence-electron chi connectivity index (χ2n) is 4.34. The van der Waals surface area contributed by atoms with Crippen LogP contribution in [0.3, 0.4) is 0 Å². The molecule has 1 saturated carbocycles. The van der Waals surface area contributed by atoms with Crippen molar-refractivity contribution in [3.8, 4) is 0 Å². The van der Waals surface area contributed by atoms with E-state index in [-0.39, 0.29) is 11.9 Å². The molecule has 1 aromatic rings. The predicted molar refractivity (Wildman–Crippen MR) is 64.3 cm³/mol. The van der Waals surface area contributed by atoms with E-state index in [0.717, 1.165) is 17.7 Å². The van der Waals surface area contributed by atoms with Crippen LogP contribution in [0.2, 0.25) is 0 Å². The third-order valence-electron chi connectivity index (χ3n) is 2.74. The highest BCUT2D eigenvalue weighted by Crippen LogP contribution is 2.33.